The number of methoxy groups -OCH3 is 1. The Labute approximate surface area is 98.0 Å². The zero-order valence-electron chi connectivity index (χ0n) is 8.64. The van der Waals surface area contributed by atoms with Crippen molar-refractivity contribution in [2.24, 2.45) is 0 Å². The third-order valence-corrected chi connectivity index (χ3v) is 2.38. The molecule has 2 aromatic rings. The fourth-order valence-electron chi connectivity index (χ4n) is 1.38. The van der Waals surface area contributed by atoms with Crippen molar-refractivity contribution in [1.82, 2.24) is 10.2 Å². The number of rotatable bonds is 2. The highest BCUT2D eigenvalue weighted by molar-refractivity contribution is 6.29. The summed E-state index contributed by atoms with van der Waals surface area (Å²) in [6, 6.07) is 9.17. The number of aromatic nitrogens is 2. The van der Waals surface area contributed by atoms with E-state index >= 15 is 0 Å². The van der Waals surface area contributed by atoms with Crippen LogP contribution in [0.1, 0.15) is 0 Å². The summed E-state index contributed by atoms with van der Waals surface area (Å²) in [6.45, 7) is 0. The molecule has 2 N–H and O–H groups in total. The van der Waals surface area contributed by atoms with Crippen molar-refractivity contribution in [1.29, 1.82) is 0 Å². The topological polar surface area (TPSA) is 61.0 Å². The van der Waals surface area contributed by atoms with Gasteiger partial charge < -0.3 is 10.5 Å². The van der Waals surface area contributed by atoms with Crippen LogP contribution >= 0.6 is 11.6 Å². The fourth-order valence-corrected chi connectivity index (χ4v) is 1.53. The van der Waals surface area contributed by atoms with Gasteiger partial charge in [0.1, 0.15) is 5.75 Å². The van der Waals surface area contributed by atoms with E-state index in [4.69, 9.17) is 22.1 Å². The molecule has 0 unspecified atom stereocenters. The second kappa shape index (κ2) is 4.37. The molecule has 0 saturated heterocycles. The van der Waals surface area contributed by atoms with E-state index in [9.17, 15) is 0 Å². The van der Waals surface area contributed by atoms with E-state index in [1.54, 1.807) is 13.2 Å². The van der Waals surface area contributed by atoms with E-state index in [1.807, 2.05) is 24.3 Å². The SMILES string of the molecule is COc1ccc(-c2cc(Cl)nnc2N)cc1. The molecule has 0 bridgehead atoms. The van der Waals surface area contributed by atoms with Crippen LogP contribution in [0, 0.1) is 0 Å². The van der Waals surface area contributed by atoms with E-state index < -0.39 is 0 Å². The van der Waals surface area contributed by atoms with Crippen molar-refractivity contribution >= 4 is 17.4 Å². The van der Waals surface area contributed by atoms with Gasteiger partial charge in [0.15, 0.2) is 11.0 Å². The molecule has 0 spiro atoms. The van der Waals surface area contributed by atoms with Crippen LogP contribution in [0.25, 0.3) is 11.1 Å². The van der Waals surface area contributed by atoms with Crippen molar-refractivity contribution in [2.45, 2.75) is 0 Å². The second-order valence-electron chi connectivity index (χ2n) is 3.19. The molecule has 1 aromatic heterocycles. The van der Waals surface area contributed by atoms with E-state index in [0.717, 1.165) is 16.9 Å². The first-order chi connectivity index (χ1) is 7.70. The van der Waals surface area contributed by atoms with Crippen LogP contribution in [0.3, 0.4) is 0 Å². The fraction of sp³-hybridized carbons (Fsp3) is 0.0909. The summed E-state index contributed by atoms with van der Waals surface area (Å²) >= 11 is 5.77. The molecule has 0 amide bonds. The molecule has 0 aliphatic carbocycles. The van der Waals surface area contributed by atoms with Crippen LogP contribution in [-0.2, 0) is 0 Å². The normalized spacial score (nSPS) is 10.1. The van der Waals surface area contributed by atoms with Crippen molar-refractivity contribution in [3.8, 4) is 16.9 Å². The zero-order chi connectivity index (χ0) is 11.5. The highest BCUT2D eigenvalue weighted by Crippen LogP contribution is 2.27. The van der Waals surface area contributed by atoms with E-state index in [2.05, 4.69) is 10.2 Å². The van der Waals surface area contributed by atoms with Crippen molar-refractivity contribution < 1.29 is 4.74 Å². The minimum atomic E-state index is 0.319. The van der Waals surface area contributed by atoms with Gasteiger partial charge in [0.2, 0.25) is 0 Å². The number of hydrogen-bond acceptors (Lipinski definition) is 4. The average Bonchev–Trinajstić information content (AvgIpc) is 2.32. The number of nitrogens with two attached hydrogens (primary N) is 1. The van der Waals surface area contributed by atoms with E-state index in [-0.39, 0.29) is 0 Å². The first-order valence-electron chi connectivity index (χ1n) is 4.64. The lowest BCUT2D eigenvalue weighted by Gasteiger charge is -2.05. The van der Waals surface area contributed by atoms with E-state index in [1.165, 1.54) is 0 Å². The molecule has 0 aliphatic rings. The maximum atomic E-state index is 5.77. The third kappa shape index (κ3) is 2.06. The maximum absolute atomic E-state index is 5.77. The number of hydrogen-bond donors (Lipinski definition) is 1. The van der Waals surface area contributed by atoms with Crippen molar-refractivity contribution in [3.63, 3.8) is 0 Å². The van der Waals surface area contributed by atoms with Crippen LogP contribution < -0.4 is 10.5 Å². The number of nitrogen functional groups attached to an aromatic ring is 1. The molecule has 0 aliphatic heterocycles. The summed E-state index contributed by atoms with van der Waals surface area (Å²) in [5, 5.41) is 7.75. The Kier molecular flexibility index (Phi) is 2.92. The number of nitrogens with zero attached hydrogens (tertiary/aromatic N) is 2. The highest BCUT2D eigenvalue weighted by atomic mass is 35.5. The molecule has 0 atom stereocenters. The van der Waals surface area contributed by atoms with Crippen LogP contribution in [0.15, 0.2) is 30.3 Å². The average molecular weight is 236 g/mol. The molecule has 0 fully saturated rings. The molecule has 2 rings (SSSR count). The quantitative estimate of drug-likeness (QED) is 0.868. The lowest BCUT2D eigenvalue weighted by molar-refractivity contribution is 0.415. The first-order valence-corrected chi connectivity index (χ1v) is 5.01. The second-order valence-corrected chi connectivity index (χ2v) is 3.58. The molecular formula is C11H10ClN3O. The molecule has 0 radical (unpaired) electrons. The Morgan fingerprint density at radius 1 is 1.19 bits per heavy atom. The lowest BCUT2D eigenvalue weighted by atomic mass is 10.1. The molecule has 4 nitrogen and oxygen atoms in total. The Balaban J connectivity index is 2.45. The Bertz CT molecular complexity index is 499. The molecule has 1 heterocycles. The van der Waals surface area contributed by atoms with Crippen LogP contribution in [0.2, 0.25) is 5.15 Å². The summed E-state index contributed by atoms with van der Waals surface area (Å²) in [4.78, 5) is 0. The van der Waals surface area contributed by atoms with Gasteiger partial charge in [-0.2, -0.15) is 0 Å². The van der Waals surface area contributed by atoms with Gasteiger partial charge >= 0.3 is 0 Å². The molecule has 82 valence electrons. The van der Waals surface area contributed by atoms with Crippen LogP contribution in [-0.4, -0.2) is 17.3 Å². The van der Waals surface area contributed by atoms with E-state index in [0.29, 0.717) is 11.0 Å². The summed E-state index contributed by atoms with van der Waals surface area (Å²) < 4.78 is 5.07. The van der Waals surface area contributed by atoms with Gasteiger partial charge in [-0.1, -0.05) is 23.7 Å². The van der Waals surface area contributed by atoms with Gasteiger partial charge in [-0.05, 0) is 23.8 Å². The maximum Gasteiger partial charge on any atom is 0.154 e. The predicted octanol–water partition coefficient (Wildman–Crippen LogP) is 2.39. The van der Waals surface area contributed by atoms with Gasteiger partial charge in [-0.25, -0.2) is 0 Å². The zero-order valence-corrected chi connectivity index (χ0v) is 9.40. The minimum absolute atomic E-state index is 0.319. The van der Waals surface area contributed by atoms with Crippen molar-refractivity contribution in [3.05, 3.63) is 35.5 Å². The smallest absolute Gasteiger partial charge is 0.154 e. The number of anilines is 1. The molecule has 0 saturated carbocycles. The largest absolute Gasteiger partial charge is 0.497 e. The minimum Gasteiger partial charge on any atom is -0.497 e. The number of ether oxygens (including phenoxy) is 1. The summed E-state index contributed by atoms with van der Waals surface area (Å²) in [7, 11) is 1.62. The van der Waals surface area contributed by atoms with Gasteiger partial charge in [-0.15, -0.1) is 10.2 Å². The van der Waals surface area contributed by atoms with Gasteiger partial charge in [0.25, 0.3) is 0 Å². The summed E-state index contributed by atoms with van der Waals surface area (Å²) in [6.07, 6.45) is 0. The van der Waals surface area contributed by atoms with Crippen molar-refractivity contribution in [2.75, 3.05) is 12.8 Å². The molecule has 1 aromatic carbocycles. The Morgan fingerprint density at radius 3 is 2.50 bits per heavy atom. The monoisotopic (exact) mass is 235 g/mol. The standard InChI is InChI=1S/C11H10ClN3O/c1-16-8-4-2-7(3-5-8)9-6-10(12)14-15-11(9)13/h2-6H,1H3,(H2,13,15). The Hall–Kier alpha value is -1.81. The molecule has 16 heavy (non-hydrogen) atoms. The number of benzene rings is 1. The van der Waals surface area contributed by atoms with Gasteiger partial charge in [0, 0.05) is 5.56 Å². The summed E-state index contributed by atoms with van der Waals surface area (Å²) in [5.74, 6) is 1.14. The van der Waals surface area contributed by atoms with Gasteiger partial charge in [-0.3, -0.25) is 0 Å². The first kappa shape index (κ1) is 10.7. The summed E-state index contributed by atoms with van der Waals surface area (Å²) in [5.41, 5.74) is 7.42. The lowest BCUT2D eigenvalue weighted by Crippen LogP contribution is -1.96. The number of halogens is 1. The van der Waals surface area contributed by atoms with Crippen LogP contribution in [0.5, 0.6) is 5.75 Å². The third-order valence-electron chi connectivity index (χ3n) is 2.19. The highest BCUT2D eigenvalue weighted by Gasteiger charge is 2.05. The molecular weight excluding hydrogens is 226 g/mol. The van der Waals surface area contributed by atoms with Gasteiger partial charge in [0.05, 0.1) is 7.11 Å². The predicted molar refractivity (Wildman–Crippen MR) is 63.4 cm³/mol. The molecule has 5 heteroatoms. The Morgan fingerprint density at radius 2 is 1.88 bits per heavy atom. The van der Waals surface area contributed by atoms with Crippen LogP contribution in [0.4, 0.5) is 5.82 Å².